The molecule has 1 saturated heterocycles. The molecule has 4 aliphatic rings. The van der Waals surface area contributed by atoms with Crippen LogP contribution in [0.3, 0.4) is 0 Å². The van der Waals surface area contributed by atoms with Crippen LogP contribution >= 0.6 is 0 Å². The van der Waals surface area contributed by atoms with Crippen molar-refractivity contribution in [3.63, 3.8) is 0 Å². The van der Waals surface area contributed by atoms with E-state index in [1.165, 1.54) is 12.8 Å². The predicted molar refractivity (Wildman–Crippen MR) is 95.2 cm³/mol. The summed E-state index contributed by atoms with van der Waals surface area (Å²) >= 11 is 0. The van der Waals surface area contributed by atoms with Crippen LogP contribution in [-0.2, 0) is 19.6 Å². The number of rotatable bonds is 2. The summed E-state index contributed by atoms with van der Waals surface area (Å²) in [5.74, 6) is 1.41. The third kappa shape index (κ3) is 2.47. The van der Waals surface area contributed by atoms with Gasteiger partial charge in [0.25, 0.3) is 10.0 Å². The Hall–Kier alpha value is -1.89. The summed E-state index contributed by atoms with van der Waals surface area (Å²) in [6.45, 7) is 0.624. The Labute approximate surface area is 153 Å². The zero-order chi connectivity index (χ0) is 17.9. The number of hydrogen-bond donors (Lipinski definition) is 0. The van der Waals surface area contributed by atoms with E-state index < -0.39 is 16.1 Å². The van der Waals surface area contributed by atoms with Gasteiger partial charge >= 0.3 is 5.97 Å². The number of ether oxygens (including phenoxy) is 1. The Bertz CT molecular complexity index is 895. The van der Waals surface area contributed by atoms with Crippen molar-refractivity contribution in [3.8, 4) is 0 Å². The third-order valence-electron chi connectivity index (χ3n) is 6.35. The zero-order valence-corrected chi connectivity index (χ0v) is 15.3. The fraction of sp³-hybridized carbons (Fsp3) is 0.579. The molecule has 2 bridgehead atoms. The van der Waals surface area contributed by atoms with Gasteiger partial charge in [-0.3, -0.25) is 0 Å². The molecule has 0 N–H and O–H groups in total. The fourth-order valence-electron chi connectivity index (χ4n) is 5.12. The smallest absolute Gasteiger partial charge is 0.329 e. The van der Waals surface area contributed by atoms with Crippen LogP contribution in [0.1, 0.15) is 44.1 Å². The molecule has 2 saturated carbocycles. The number of benzene rings is 1. The molecule has 1 aromatic carbocycles. The third-order valence-corrected chi connectivity index (χ3v) is 7.68. The summed E-state index contributed by atoms with van der Waals surface area (Å²) in [7, 11) is -3.68. The summed E-state index contributed by atoms with van der Waals surface area (Å²) in [6.07, 6.45) is 6.16. The van der Waals surface area contributed by atoms with Gasteiger partial charge in [-0.2, -0.15) is 8.42 Å². The summed E-state index contributed by atoms with van der Waals surface area (Å²) in [5.41, 5.74) is 0.590. The van der Waals surface area contributed by atoms with E-state index in [0.717, 1.165) is 19.3 Å². The highest BCUT2D eigenvalue weighted by Crippen LogP contribution is 2.46. The van der Waals surface area contributed by atoms with Crippen LogP contribution in [0, 0.1) is 11.8 Å². The topological polar surface area (TPSA) is 76.0 Å². The number of nitrogens with zero attached hydrogens (tertiary/aromatic N) is 2. The van der Waals surface area contributed by atoms with Gasteiger partial charge in [-0.15, -0.1) is 4.40 Å². The molecule has 0 spiro atoms. The maximum Gasteiger partial charge on any atom is 0.329 e. The highest BCUT2D eigenvalue weighted by Gasteiger charge is 2.45. The minimum Gasteiger partial charge on any atom is -0.461 e. The van der Waals surface area contributed by atoms with E-state index in [2.05, 4.69) is 4.40 Å². The van der Waals surface area contributed by atoms with Gasteiger partial charge in [0.1, 0.15) is 17.0 Å². The van der Waals surface area contributed by atoms with Crippen LogP contribution in [0.2, 0.25) is 0 Å². The van der Waals surface area contributed by atoms with Gasteiger partial charge in [-0.1, -0.05) is 12.1 Å². The van der Waals surface area contributed by atoms with Crippen molar-refractivity contribution in [3.05, 3.63) is 29.8 Å². The maximum absolute atomic E-state index is 12.8. The van der Waals surface area contributed by atoms with E-state index in [1.807, 2.05) is 4.90 Å². The molecule has 3 fully saturated rings. The van der Waals surface area contributed by atoms with Crippen LogP contribution in [-0.4, -0.2) is 43.8 Å². The Morgan fingerprint density at radius 1 is 1.15 bits per heavy atom. The molecule has 5 rings (SSSR count). The number of fused-ring (bicyclic) bond motifs is 3. The monoisotopic (exact) mass is 374 g/mol. The number of amidine groups is 1. The van der Waals surface area contributed by atoms with E-state index in [-0.39, 0.29) is 17.0 Å². The number of carbonyl (C=O) groups excluding carboxylic acids is 1. The van der Waals surface area contributed by atoms with Crippen LogP contribution in [0.25, 0.3) is 0 Å². The summed E-state index contributed by atoms with van der Waals surface area (Å²) < 4.78 is 34.5. The van der Waals surface area contributed by atoms with Crippen molar-refractivity contribution in [2.75, 3.05) is 6.54 Å². The average molecular weight is 374 g/mol. The van der Waals surface area contributed by atoms with E-state index in [4.69, 9.17) is 4.74 Å². The molecule has 1 aromatic rings. The molecule has 7 heteroatoms. The van der Waals surface area contributed by atoms with E-state index in [0.29, 0.717) is 36.2 Å². The Kier molecular flexibility index (Phi) is 3.64. The predicted octanol–water partition coefficient (Wildman–Crippen LogP) is 2.33. The largest absolute Gasteiger partial charge is 0.461 e. The lowest BCUT2D eigenvalue weighted by atomic mass is 9.97. The second kappa shape index (κ2) is 5.81. The molecule has 0 radical (unpaired) electrons. The van der Waals surface area contributed by atoms with Crippen LogP contribution < -0.4 is 0 Å². The zero-order valence-electron chi connectivity index (χ0n) is 14.5. The first kappa shape index (κ1) is 16.3. The first-order chi connectivity index (χ1) is 12.5. The second-order valence-electron chi connectivity index (χ2n) is 7.89. The Morgan fingerprint density at radius 2 is 2.00 bits per heavy atom. The molecular formula is C19H22N2O4S. The molecule has 0 amide bonds. The first-order valence-corrected chi connectivity index (χ1v) is 10.9. The minimum absolute atomic E-state index is 0.0465. The number of likely N-dealkylation sites (tertiary alicyclic amines) is 1. The Balaban J connectivity index is 1.39. The van der Waals surface area contributed by atoms with Crippen LogP contribution in [0.5, 0.6) is 0 Å². The van der Waals surface area contributed by atoms with Gasteiger partial charge in [-0.05, 0) is 62.5 Å². The lowest BCUT2D eigenvalue weighted by molar-refractivity contribution is -0.155. The molecule has 138 valence electrons. The summed E-state index contributed by atoms with van der Waals surface area (Å²) in [6, 6.07) is 6.39. The average Bonchev–Trinajstić information content (AvgIpc) is 3.38. The number of hydrogen-bond acceptors (Lipinski definition) is 5. The van der Waals surface area contributed by atoms with Gasteiger partial charge in [0.05, 0.1) is 0 Å². The quantitative estimate of drug-likeness (QED) is 0.743. The van der Waals surface area contributed by atoms with E-state index >= 15 is 0 Å². The standard InChI is InChI=1S/C19H22N2O4S/c22-19(25-16-11-12-7-8-13(16)10-12)15-5-3-9-21(15)18-14-4-1-2-6-17(14)26(23,24)20-18/h1-2,4,6,12-13,15-16H,3,5,7-11H2/t12-,13-,15-,16-/m0/s1. The van der Waals surface area contributed by atoms with Gasteiger partial charge in [0.2, 0.25) is 0 Å². The first-order valence-electron chi connectivity index (χ1n) is 9.44. The van der Waals surface area contributed by atoms with Crippen molar-refractivity contribution in [1.29, 1.82) is 0 Å². The molecule has 2 heterocycles. The lowest BCUT2D eigenvalue weighted by Gasteiger charge is -2.28. The molecule has 2 aliphatic heterocycles. The van der Waals surface area contributed by atoms with Gasteiger partial charge < -0.3 is 9.64 Å². The summed E-state index contributed by atoms with van der Waals surface area (Å²) in [4.78, 5) is 14.9. The second-order valence-corrected chi connectivity index (χ2v) is 9.46. The molecule has 0 aromatic heterocycles. The fourth-order valence-corrected chi connectivity index (χ4v) is 6.34. The van der Waals surface area contributed by atoms with E-state index in [1.54, 1.807) is 24.3 Å². The van der Waals surface area contributed by atoms with Crippen molar-refractivity contribution in [2.45, 2.75) is 55.6 Å². The summed E-state index contributed by atoms with van der Waals surface area (Å²) in [5, 5.41) is 0. The number of sulfonamides is 1. The van der Waals surface area contributed by atoms with E-state index in [9.17, 15) is 13.2 Å². The molecule has 6 nitrogen and oxygen atoms in total. The van der Waals surface area contributed by atoms with Gasteiger partial charge in [0, 0.05) is 12.1 Å². The lowest BCUT2D eigenvalue weighted by Crippen LogP contribution is -2.43. The molecular weight excluding hydrogens is 352 g/mol. The number of esters is 1. The highest BCUT2D eigenvalue weighted by atomic mass is 32.2. The highest BCUT2D eigenvalue weighted by molar-refractivity contribution is 7.90. The van der Waals surface area contributed by atoms with Crippen LogP contribution in [0.15, 0.2) is 33.6 Å². The van der Waals surface area contributed by atoms with Gasteiger partial charge in [-0.25, -0.2) is 4.79 Å². The maximum atomic E-state index is 12.8. The van der Waals surface area contributed by atoms with Crippen molar-refractivity contribution >= 4 is 21.8 Å². The normalized spacial score (nSPS) is 34.0. The molecule has 2 aliphatic carbocycles. The van der Waals surface area contributed by atoms with Crippen molar-refractivity contribution in [2.24, 2.45) is 16.2 Å². The SMILES string of the molecule is O=C(O[C@H]1C[C@H]2CC[C@H]1C2)[C@@H]1CCCN1C1=NS(=O)(=O)c2ccccc21. The number of carbonyl (C=O) groups is 1. The van der Waals surface area contributed by atoms with Crippen molar-refractivity contribution < 1.29 is 17.9 Å². The van der Waals surface area contributed by atoms with Crippen molar-refractivity contribution in [1.82, 2.24) is 4.90 Å². The Morgan fingerprint density at radius 3 is 2.77 bits per heavy atom. The van der Waals surface area contributed by atoms with Crippen LogP contribution in [0.4, 0.5) is 0 Å². The molecule has 4 atom stereocenters. The minimum atomic E-state index is -3.68. The molecule has 26 heavy (non-hydrogen) atoms. The molecule has 0 unspecified atom stereocenters. The van der Waals surface area contributed by atoms with Gasteiger partial charge in [0.15, 0.2) is 5.84 Å².